The van der Waals surface area contributed by atoms with Gasteiger partial charge in [0, 0.05) is 43.0 Å². The number of hydrogen-bond donors (Lipinski definition) is 2. The summed E-state index contributed by atoms with van der Waals surface area (Å²) in [6.07, 6.45) is 3.96. The van der Waals surface area contributed by atoms with Crippen molar-refractivity contribution < 1.29 is 4.74 Å². The molecule has 0 aromatic carbocycles. The molecular weight excluding hydrogens is 232 g/mol. The third-order valence-corrected chi connectivity index (χ3v) is 4.30. The Bertz CT molecular complexity index is 317. The zero-order valence-corrected chi connectivity index (χ0v) is 11.4. The monoisotopic (exact) mass is 254 g/mol. The fourth-order valence-corrected chi connectivity index (χ4v) is 3.40. The van der Waals surface area contributed by atoms with E-state index >= 15 is 0 Å². The van der Waals surface area contributed by atoms with Crippen LogP contribution in [0.2, 0.25) is 0 Å². The molecule has 0 aliphatic heterocycles. The molecule has 96 valence electrons. The van der Waals surface area contributed by atoms with Gasteiger partial charge in [-0.2, -0.15) is 0 Å². The van der Waals surface area contributed by atoms with Gasteiger partial charge in [0.2, 0.25) is 0 Å². The van der Waals surface area contributed by atoms with E-state index in [9.17, 15) is 0 Å². The third-order valence-electron chi connectivity index (χ3n) is 3.06. The van der Waals surface area contributed by atoms with E-state index in [1.54, 1.807) is 17.6 Å². The molecule has 3 nitrogen and oxygen atoms in total. The molecule has 4 heteroatoms. The molecule has 1 aliphatic rings. The highest BCUT2D eigenvalue weighted by atomic mass is 32.1. The Kier molecular flexibility index (Phi) is 5.45. The molecule has 1 aliphatic carbocycles. The van der Waals surface area contributed by atoms with Gasteiger partial charge in [0.1, 0.15) is 0 Å². The predicted octanol–water partition coefficient (Wildman–Crippen LogP) is 1.56. The number of thiophene rings is 1. The van der Waals surface area contributed by atoms with Crippen molar-refractivity contribution in [1.29, 1.82) is 0 Å². The number of rotatable bonds is 8. The van der Waals surface area contributed by atoms with Crippen molar-refractivity contribution in [2.24, 2.45) is 0 Å². The number of nitrogens with one attached hydrogen (secondary N) is 2. The maximum Gasteiger partial charge on any atom is 0.0587 e. The molecule has 0 unspecified atom stereocenters. The Morgan fingerprint density at radius 1 is 1.24 bits per heavy atom. The fraction of sp³-hybridized carbons (Fsp3) is 0.692. The van der Waals surface area contributed by atoms with Gasteiger partial charge >= 0.3 is 0 Å². The summed E-state index contributed by atoms with van der Waals surface area (Å²) in [4.78, 5) is 3.12. The minimum Gasteiger partial charge on any atom is -0.383 e. The second-order valence-electron chi connectivity index (χ2n) is 4.43. The van der Waals surface area contributed by atoms with Crippen LogP contribution in [0.25, 0.3) is 0 Å². The van der Waals surface area contributed by atoms with Gasteiger partial charge in [0.25, 0.3) is 0 Å². The van der Waals surface area contributed by atoms with Crippen LogP contribution >= 0.6 is 11.3 Å². The molecule has 17 heavy (non-hydrogen) atoms. The quantitative estimate of drug-likeness (QED) is 0.691. The van der Waals surface area contributed by atoms with Crippen molar-refractivity contribution in [2.75, 3.05) is 33.4 Å². The third kappa shape index (κ3) is 4.07. The van der Waals surface area contributed by atoms with E-state index in [0.717, 1.165) is 32.8 Å². The van der Waals surface area contributed by atoms with E-state index in [2.05, 4.69) is 16.7 Å². The Morgan fingerprint density at radius 2 is 2.12 bits per heavy atom. The van der Waals surface area contributed by atoms with Crippen LogP contribution in [0.3, 0.4) is 0 Å². The van der Waals surface area contributed by atoms with Crippen molar-refractivity contribution in [3.8, 4) is 0 Å². The molecule has 0 saturated carbocycles. The standard InChI is InChI=1S/C13H22N2OS/c1-16-8-7-14-5-6-15-10-12-9-11-3-2-4-13(11)17-12/h9,14-15H,2-8,10H2,1H3. The average molecular weight is 254 g/mol. The first-order valence-corrected chi connectivity index (χ1v) is 7.22. The van der Waals surface area contributed by atoms with Crippen molar-refractivity contribution in [1.82, 2.24) is 10.6 Å². The Morgan fingerprint density at radius 3 is 2.94 bits per heavy atom. The molecular formula is C13H22N2OS. The van der Waals surface area contributed by atoms with Crippen LogP contribution in [0.15, 0.2) is 6.07 Å². The zero-order valence-electron chi connectivity index (χ0n) is 10.6. The van der Waals surface area contributed by atoms with Crippen LogP contribution in [0.1, 0.15) is 21.7 Å². The van der Waals surface area contributed by atoms with Crippen LogP contribution in [-0.4, -0.2) is 33.4 Å². The first kappa shape index (κ1) is 13.0. The lowest BCUT2D eigenvalue weighted by molar-refractivity contribution is 0.199. The molecule has 1 aromatic heterocycles. The highest BCUT2D eigenvalue weighted by molar-refractivity contribution is 7.12. The van der Waals surface area contributed by atoms with Gasteiger partial charge < -0.3 is 15.4 Å². The average Bonchev–Trinajstić information content (AvgIpc) is 2.88. The van der Waals surface area contributed by atoms with E-state index in [4.69, 9.17) is 4.74 Å². The van der Waals surface area contributed by atoms with Gasteiger partial charge in [-0.1, -0.05) is 0 Å². The van der Waals surface area contributed by atoms with Crippen LogP contribution in [0, 0.1) is 0 Å². The van der Waals surface area contributed by atoms with E-state index in [1.807, 2.05) is 11.3 Å². The van der Waals surface area contributed by atoms with Gasteiger partial charge in [-0.15, -0.1) is 11.3 Å². The van der Waals surface area contributed by atoms with Crippen LogP contribution in [0.5, 0.6) is 0 Å². The van der Waals surface area contributed by atoms with Crippen molar-refractivity contribution in [2.45, 2.75) is 25.8 Å². The summed E-state index contributed by atoms with van der Waals surface area (Å²) in [6.45, 7) is 4.77. The first-order chi connectivity index (χ1) is 8.40. The second-order valence-corrected chi connectivity index (χ2v) is 5.66. The van der Waals surface area contributed by atoms with Crippen molar-refractivity contribution in [3.63, 3.8) is 0 Å². The number of fused-ring (bicyclic) bond motifs is 1. The molecule has 1 heterocycles. The molecule has 0 saturated heterocycles. The smallest absolute Gasteiger partial charge is 0.0587 e. The molecule has 0 bridgehead atoms. The molecule has 2 rings (SSSR count). The van der Waals surface area contributed by atoms with Crippen LogP contribution < -0.4 is 10.6 Å². The molecule has 0 atom stereocenters. The lowest BCUT2D eigenvalue weighted by Crippen LogP contribution is -2.29. The van der Waals surface area contributed by atoms with E-state index in [0.29, 0.717) is 0 Å². The first-order valence-electron chi connectivity index (χ1n) is 6.41. The van der Waals surface area contributed by atoms with E-state index in [1.165, 1.54) is 24.1 Å². The number of ether oxygens (including phenoxy) is 1. The molecule has 0 radical (unpaired) electrons. The van der Waals surface area contributed by atoms with Crippen LogP contribution in [0.4, 0.5) is 0 Å². The van der Waals surface area contributed by atoms with E-state index < -0.39 is 0 Å². The van der Waals surface area contributed by atoms with Crippen LogP contribution in [-0.2, 0) is 24.1 Å². The van der Waals surface area contributed by atoms with Crippen molar-refractivity contribution in [3.05, 3.63) is 21.4 Å². The summed E-state index contributed by atoms with van der Waals surface area (Å²) < 4.78 is 4.97. The number of methoxy groups -OCH3 is 1. The molecule has 0 amide bonds. The van der Waals surface area contributed by atoms with E-state index in [-0.39, 0.29) is 0 Å². The Hall–Kier alpha value is -0.420. The SMILES string of the molecule is COCCNCCNCc1cc2c(s1)CCC2. The minimum atomic E-state index is 0.789. The normalized spacial score (nSPS) is 14.2. The lowest BCUT2D eigenvalue weighted by Gasteiger charge is -2.05. The summed E-state index contributed by atoms with van der Waals surface area (Å²) in [5.41, 5.74) is 1.60. The maximum atomic E-state index is 4.97. The Labute approximate surface area is 108 Å². The minimum absolute atomic E-state index is 0.789. The van der Waals surface area contributed by atoms with Gasteiger partial charge in [-0.25, -0.2) is 0 Å². The molecule has 0 fully saturated rings. The topological polar surface area (TPSA) is 33.3 Å². The lowest BCUT2D eigenvalue weighted by atomic mass is 10.2. The number of hydrogen-bond acceptors (Lipinski definition) is 4. The van der Waals surface area contributed by atoms with Gasteiger partial charge in [0.05, 0.1) is 6.61 Å². The van der Waals surface area contributed by atoms with Gasteiger partial charge in [-0.05, 0) is 30.9 Å². The summed E-state index contributed by atoms with van der Waals surface area (Å²) in [5.74, 6) is 0. The summed E-state index contributed by atoms with van der Waals surface area (Å²) in [7, 11) is 1.73. The Balaban J connectivity index is 1.55. The number of aryl methyl sites for hydroxylation is 2. The second kappa shape index (κ2) is 7.11. The zero-order chi connectivity index (χ0) is 11.9. The van der Waals surface area contributed by atoms with Gasteiger partial charge in [0.15, 0.2) is 0 Å². The predicted molar refractivity (Wildman–Crippen MR) is 72.8 cm³/mol. The van der Waals surface area contributed by atoms with Crippen molar-refractivity contribution >= 4 is 11.3 Å². The highest BCUT2D eigenvalue weighted by Crippen LogP contribution is 2.30. The molecule has 2 N–H and O–H groups in total. The fourth-order valence-electron chi connectivity index (χ4n) is 2.17. The highest BCUT2D eigenvalue weighted by Gasteiger charge is 2.14. The summed E-state index contributed by atoms with van der Waals surface area (Å²) >= 11 is 1.99. The largest absolute Gasteiger partial charge is 0.383 e. The molecule has 1 aromatic rings. The van der Waals surface area contributed by atoms with Gasteiger partial charge in [-0.3, -0.25) is 0 Å². The summed E-state index contributed by atoms with van der Waals surface area (Å²) in [6, 6.07) is 2.39. The molecule has 0 spiro atoms. The maximum absolute atomic E-state index is 4.97. The summed E-state index contributed by atoms with van der Waals surface area (Å²) in [5, 5.41) is 6.80.